The Morgan fingerprint density at radius 2 is 1.70 bits per heavy atom. The number of sulfonamides is 1. The van der Waals surface area contributed by atoms with Crippen LogP contribution in [0, 0.1) is 6.92 Å². The molecule has 2 aromatic carbocycles. The first-order chi connectivity index (χ1) is 14.4. The highest BCUT2D eigenvalue weighted by Gasteiger charge is 2.28. The highest BCUT2D eigenvalue weighted by molar-refractivity contribution is 7.89. The van der Waals surface area contributed by atoms with E-state index in [1.807, 2.05) is 38.1 Å². The number of carbonyl (C=O) groups excluding carboxylic acids is 1. The van der Waals surface area contributed by atoms with Crippen molar-refractivity contribution in [3.8, 4) is 0 Å². The van der Waals surface area contributed by atoms with E-state index in [1.165, 1.54) is 5.56 Å². The topological polar surface area (TPSA) is 78.5 Å². The molecule has 162 valence electrons. The van der Waals surface area contributed by atoms with Crippen molar-refractivity contribution >= 4 is 16.1 Å². The lowest BCUT2D eigenvalue weighted by molar-refractivity contribution is 0.236. The number of amides is 2. The Bertz CT molecular complexity index is 952. The van der Waals surface area contributed by atoms with Gasteiger partial charge in [0.2, 0.25) is 10.0 Å². The molecule has 2 aromatic rings. The second kappa shape index (κ2) is 10.1. The van der Waals surface area contributed by atoms with Crippen LogP contribution in [0.15, 0.2) is 53.4 Å². The van der Waals surface area contributed by atoms with Gasteiger partial charge in [-0.15, -0.1) is 0 Å². The van der Waals surface area contributed by atoms with Gasteiger partial charge in [-0.2, -0.15) is 4.31 Å². The van der Waals surface area contributed by atoms with Crippen molar-refractivity contribution in [2.45, 2.75) is 57.0 Å². The zero-order chi connectivity index (χ0) is 21.6. The molecule has 1 saturated heterocycles. The summed E-state index contributed by atoms with van der Waals surface area (Å²) < 4.78 is 27.7. The molecule has 1 unspecified atom stereocenters. The quantitative estimate of drug-likeness (QED) is 0.695. The third-order valence-electron chi connectivity index (χ3n) is 5.54. The fourth-order valence-electron chi connectivity index (χ4n) is 3.75. The highest BCUT2D eigenvalue weighted by atomic mass is 32.2. The summed E-state index contributed by atoms with van der Waals surface area (Å²) >= 11 is 0. The lowest BCUT2D eigenvalue weighted by Gasteiger charge is -2.27. The zero-order valence-electron chi connectivity index (χ0n) is 17.7. The SMILES string of the molecule is CCC(NC(=O)NCc1ccccc1S(=O)(=O)N1CCCCC1)c1ccc(C)cc1. The minimum atomic E-state index is -3.55. The summed E-state index contributed by atoms with van der Waals surface area (Å²) in [5.41, 5.74) is 2.82. The molecule has 3 rings (SSSR count). The van der Waals surface area contributed by atoms with Crippen LogP contribution in [0.1, 0.15) is 55.3 Å². The third-order valence-corrected chi connectivity index (χ3v) is 7.54. The Labute approximate surface area is 179 Å². The van der Waals surface area contributed by atoms with Crippen LogP contribution in [0.3, 0.4) is 0 Å². The molecule has 0 aromatic heterocycles. The minimum Gasteiger partial charge on any atom is -0.334 e. The van der Waals surface area contributed by atoms with Crippen molar-refractivity contribution in [2.75, 3.05) is 13.1 Å². The van der Waals surface area contributed by atoms with Crippen LogP contribution >= 0.6 is 0 Å². The molecule has 2 amide bonds. The molecule has 1 fully saturated rings. The average molecular weight is 430 g/mol. The van der Waals surface area contributed by atoms with E-state index in [1.54, 1.807) is 28.6 Å². The van der Waals surface area contributed by atoms with Crippen LogP contribution < -0.4 is 10.6 Å². The Morgan fingerprint density at radius 3 is 2.37 bits per heavy atom. The predicted molar refractivity (Wildman–Crippen MR) is 119 cm³/mol. The van der Waals surface area contributed by atoms with Gasteiger partial charge in [-0.25, -0.2) is 13.2 Å². The molecule has 2 N–H and O–H groups in total. The predicted octanol–water partition coefficient (Wildman–Crippen LogP) is 4.12. The van der Waals surface area contributed by atoms with E-state index in [0.29, 0.717) is 18.7 Å². The maximum Gasteiger partial charge on any atom is 0.315 e. The summed E-state index contributed by atoms with van der Waals surface area (Å²) in [4.78, 5) is 12.8. The van der Waals surface area contributed by atoms with Gasteiger partial charge in [0.1, 0.15) is 0 Å². The normalized spacial score (nSPS) is 16.1. The number of aryl methyl sites for hydroxylation is 1. The summed E-state index contributed by atoms with van der Waals surface area (Å²) in [5.74, 6) is 0. The molecule has 0 saturated carbocycles. The largest absolute Gasteiger partial charge is 0.334 e. The van der Waals surface area contributed by atoms with Gasteiger partial charge in [-0.1, -0.05) is 61.4 Å². The summed E-state index contributed by atoms with van der Waals surface area (Å²) in [6.07, 6.45) is 3.60. The van der Waals surface area contributed by atoms with Gasteiger partial charge in [0.25, 0.3) is 0 Å². The van der Waals surface area contributed by atoms with Crippen LogP contribution in [-0.4, -0.2) is 31.8 Å². The molecule has 0 radical (unpaired) electrons. The van der Waals surface area contributed by atoms with Crippen molar-refractivity contribution in [3.63, 3.8) is 0 Å². The molecular formula is C23H31N3O3S. The fourth-order valence-corrected chi connectivity index (χ4v) is 5.49. The van der Waals surface area contributed by atoms with E-state index in [0.717, 1.165) is 31.2 Å². The van der Waals surface area contributed by atoms with Crippen LogP contribution in [0.4, 0.5) is 4.79 Å². The molecule has 1 heterocycles. The number of hydrogen-bond donors (Lipinski definition) is 2. The van der Waals surface area contributed by atoms with Gasteiger partial charge in [0.15, 0.2) is 0 Å². The number of urea groups is 1. The monoisotopic (exact) mass is 429 g/mol. The van der Waals surface area contributed by atoms with Gasteiger partial charge in [0, 0.05) is 19.6 Å². The lowest BCUT2D eigenvalue weighted by atomic mass is 10.0. The first kappa shape index (κ1) is 22.3. The van der Waals surface area contributed by atoms with E-state index >= 15 is 0 Å². The van der Waals surface area contributed by atoms with Crippen LogP contribution in [0.25, 0.3) is 0 Å². The van der Waals surface area contributed by atoms with Crippen LogP contribution in [-0.2, 0) is 16.6 Å². The molecule has 0 spiro atoms. The van der Waals surface area contributed by atoms with E-state index in [4.69, 9.17) is 0 Å². The Morgan fingerprint density at radius 1 is 1.03 bits per heavy atom. The standard InChI is InChI=1S/C23H31N3O3S/c1-3-21(19-13-11-18(2)12-14-19)25-23(27)24-17-20-9-5-6-10-22(20)30(28,29)26-15-7-4-8-16-26/h5-6,9-14,21H,3-4,7-8,15-17H2,1-2H3,(H2,24,25,27). The van der Waals surface area contributed by atoms with E-state index < -0.39 is 10.0 Å². The van der Waals surface area contributed by atoms with Crippen molar-refractivity contribution in [1.82, 2.24) is 14.9 Å². The lowest BCUT2D eigenvalue weighted by Crippen LogP contribution is -2.38. The van der Waals surface area contributed by atoms with E-state index in [-0.39, 0.29) is 23.5 Å². The molecule has 1 aliphatic rings. The maximum absolute atomic E-state index is 13.1. The van der Waals surface area contributed by atoms with Crippen LogP contribution in [0.5, 0.6) is 0 Å². The molecule has 1 atom stereocenters. The smallest absolute Gasteiger partial charge is 0.315 e. The van der Waals surface area contributed by atoms with Crippen LogP contribution in [0.2, 0.25) is 0 Å². The molecule has 0 bridgehead atoms. The van der Waals surface area contributed by atoms with Crippen molar-refractivity contribution in [1.29, 1.82) is 0 Å². The first-order valence-electron chi connectivity index (χ1n) is 10.6. The second-order valence-corrected chi connectivity index (χ2v) is 9.68. The summed E-state index contributed by atoms with van der Waals surface area (Å²) in [6.45, 7) is 5.31. The number of carbonyl (C=O) groups is 1. The minimum absolute atomic E-state index is 0.0991. The molecule has 0 aliphatic carbocycles. The zero-order valence-corrected chi connectivity index (χ0v) is 18.5. The summed E-state index contributed by atoms with van der Waals surface area (Å²) in [5, 5.41) is 5.81. The maximum atomic E-state index is 13.1. The Hall–Kier alpha value is -2.38. The summed E-state index contributed by atoms with van der Waals surface area (Å²) in [7, 11) is -3.55. The van der Waals surface area contributed by atoms with Crippen molar-refractivity contribution < 1.29 is 13.2 Å². The Kier molecular flexibility index (Phi) is 7.50. The number of nitrogens with zero attached hydrogens (tertiary/aromatic N) is 1. The van der Waals surface area contributed by atoms with Crippen molar-refractivity contribution in [3.05, 3.63) is 65.2 Å². The molecule has 6 nitrogen and oxygen atoms in total. The van der Waals surface area contributed by atoms with Gasteiger partial charge in [0.05, 0.1) is 10.9 Å². The second-order valence-electron chi connectivity index (χ2n) is 7.77. The van der Waals surface area contributed by atoms with Gasteiger partial charge in [-0.3, -0.25) is 0 Å². The van der Waals surface area contributed by atoms with E-state index in [2.05, 4.69) is 10.6 Å². The first-order valence-corrected chi connectivity index (χ1v) is 12.0. The molecule has 30 heavy (non-hydrogen) atoms. The molecule has 1 aliphatic heterocycles. The number of rotatable bonds is 7. The average Bonchev–Trinajstić information content (AvgIpc) is 2.77. The molecular weight excluding hydrogens is 398 g/mol. The fraction of sp³-hybridized carbons (Fsp3) is 0.435. The van der Waals surface area contributed by atoms with Gasteiger partial charge in [-0.05, 0) is 43.4 Å². The Balaban J connectivity index is 1.67. The number of nitrogens with one attached hydrogen (secondary N) is 2. The third kappa shape index (κ3) is 5.40. The van der Waals surface area contributed by atoms with Gasteiger partial charge < -0.3 is 10.6 Å². The van der Waals surface area contributed by atoms with Gasteiger partial charge >= 0.3 is 6.03 Å². The highest BCUT2D eigenvalue weighted by Crippen LogP contribution is 2.23. The summed E-state index contributed by atoms with van der Waals surface area (Å²) in [6, 6.07) is 14.6. The number of hydrogen-bond acceptors (Lipinski definition) is 3. The van der Waals surface area contributed by atoms with E-state index in [9.17, 15) is 13.2 Å². The molecule has 7 heteroatoms. The number of piperidine rings is 1. The number of benzene rings is 2. The van der Waals surface area contributed by atoms with Crippen molar-refractivity contribution in [2.24, 2.45) is 0 Å².